The molecule has 1 aromatic rings. The Balaban J connectivity index is 2.81. The van der Waals surface area contributed by atoms with E-state index in [9.17, 15) is 4.79 Å². The van der Waals surface area contributed by atoms with Crippen LogP contribution >= 0.6 is 0 Å². The van der Waals surface area contributed by atoms with Gasteiger partial charge in [0.1, 0.15) is 0 Å². The van der Waals surface area contributed by atoms with Crippen molar-refractivity contribution in [3.63, 3.8) is 0 Å². The van der Waals surface area contributed by atoms with Crippen LogP contribution in [0.25, 0.3) is 0 Å². The van der Waals surface area contributed by atoms with Gasteiger partial charge >= 0.3 is 0 Å². The summed E-state index contributed by atoms with van der Waals surface area (Å²) in [5.74, 6) is -0.629. The summed E-state index contributed by atoms with van der Waals surface area (Å²) >= 11 is 0. The van der Waals surface area contributed by atoms with E-state index in [0.717, 1.165) is 5.69 Å². The average Bonchev–Trinajstić information content (AvgIpc) is 2.29. The van der Waals surface area contributed by atoms with Gasteiger partial charge in [0.25, 0.3) is 5.91 Å². The fraction of sp³-hybridized carbons (Fsp3) is 0.100. The number of carbonyl (C=O) groups is 1. The Hall–Kier alpha value is -2.55. The van der Waals surface area contributed by atoms with Crippen molar-refractivity contribution in [3.8, 4) is 6.19 Å². The largest absolute Gasteiger partial charge is 0.388 e. The highest BCUT2D eigenvalue weighted by Gasteiger charge is 2.06. The molecule has 0 bridgehead atoms. The molecule has 6 nitrogen and oxygen atoms in total. The summed E-state index contributed by atoms with van der Waals surface area (Å²) in [5, 5.41) is 13.4. The first-order valence-corrected chi connectivity index (χ1v) is 4.48. The van der Waals surface area contributed by atoms with Crippen LogP contribution in [0.2, 0.25) is 0 Å². The lowest BCUT2D eigenvalue weighted by Crippen LogP contribution is -2.36. The summed E-state index contributed by atoms with van der Waals surface area (Å²) in [5.41, 5.74) is 6.51. The molecule has 0 spiro atoms. The lowest BCUT2D eigenvalue weighted by atomic mass is 10.2. The van der Waals surface area contributed by atoms with Gasteiger partial charge in [-0.15, -0.1) is 4.99 Å². The van der Waals surface area contributed by atoms with Gasteiger partial charge in [0, 0.05) is 18.3 Å². The number of amides is 1. The zero-order valence-corrected chi connectivity index (χ0v) is 8.69. The number of nitrogens with two attached hydrogens (primary N) is 1. The van der Waals surface area contributed by atoms with E-state index in [1.165, 1.54) is 6.19 Å². The molecule has 0 radical (unpaired) electrons. The van der Waals surface area contributed by atoms with E-state index in [-0.39, 0.29) is 5.96 Å². The van der Waals surface area contributed by atoms with Crippen molar-refractivity contribution in [2.75, 3.05) is 12.4 Å². The molecule has 16 heavy (non-hydrogen) atoms. The maximum absolute atomic E-state index is 11.6. The number of carbonyl (C=O) groups excluding carboxylic acids is 1. The van der Waals surface area contributed by atoms with Gasteiger partial charge in [-0.25, -0.2) is 0 Å². The van der Waals surface area contributed by atoms with Crippen LogP contribution in [-0.2, 0) is 0 Å². The topological polar surface area (TPSA) is 103 Å². The van der Waals surface area contributed by atoms with Crippen molar-refractivity contribution in [3.05, 3.63) is 29.8 Å². The molecule has 0 aliphatic heterocycles. The number of anilines is 1. The van der Waals surface area contributed by atoms with Crippen molar-refractivity contribution >= 4 is 17.6 Å². The molecule has 1 rings (SSSR count). The van der Waals surface area contributed by atoms with Gasteiger partial charge in [0.05, 0.1) is 0 Å². The Labute approximate surface area is 92.8 Å². The molecule has 0 atom stereocenters. The molecule has 82 valence electrons. The molecule has 0 aromatic heterocycles. The highest BCUT2D eigenvalue weighted by atomic mass is 16.1. The second-order valence-electron chi connectivity index (χ2n) is 2.88. The number of aliphatic imine (C=N–C) groups is 1. The van der Waals surface area contributed by atoms with Crippen LogP contribution in [0.1, 0.15) is 10.4 Å². The second-order valence-corrected chi connectivity index (χ2v) is 2.88. The van der Waals surface area contributed by atoms with Crippen LogP contribution < -0.4 is 16.4 Å². The predicted octanol–water partition coefficient (Wildman–Crippen LogP) is 0.254. The van der Waals surface area contributed by atoms with Crippen molar-refractivity contribution in [1.29, 1.82) is 5.26 Å². The molecule has 0 unspecified atom stereocenters. The summed E-state index contributed by atoms with van der Waals surface area (Å²) in [4.78, 5) is 14.8. The van der Waals surface area contributed by atoms with E-state index < -0.39 is 5.91 Å². The van der Waals surface area contributed by atoms with Crippen LogP contribution in [0.15, 0.2) is 29.3 Å². The number of benzene rings is 1. The van der Waals surface area contributed by atoms with E-state index in [1.54, 1.807) is 25.2 Å². The van der Waals surface area contributed by atoms with Crippen molar-refractivity contribution < 1.29 is 4.79 Å². The Bertz CT molecular complexity index is 461. The fourth-order valence-electron chi connectivity index (χ4n) is 1.09. The third-order valence-corrected chi connectivity index (χ3v) is 1.83. The van der Waals surface area contributed by atoms with E-state index in [0.29, 0.717) is 5.56 Å². The molecule has 1 amide bonds. The SMILES string of the molecule is CNc1cccc(C(=O)NC(N)=NC#N)c1. The van der Waals surface area contributed by atoms with Gasteiger partial charge in [0.2, 0.25) is 12.2 Å². The van der Waals surface area contributed by atoms with Crippen LogP contribution in [0.5, 0.6) is 0 Å². The molecule has 0 aliphatic carbocycles. The van der Waals surface area contributed by atoms with Crippen LogP contribution in [-0.4, -0.2) is 18.9 Å². The average molecular weight is 217 g/mol. The quantitative estimate of drug-likeness (QED) is 0.375. The Morgan fingerprint density at radius 1 is 1.56 bits per heavy atom. The van der Waals surface area contributed by atoms with Crippen molar-refractivity contribution in [1.82, 2.24) is 5.32 Å². The summed E-state index contributed by atoms with van der Waals surface area (Å²) in [7, 11) is 1.75. The molecular formula is C10H11N5O. The summed E-state index contributed by atoms with van der Waals surface area (Å²) in [6, 6.07) is 6.85. The van der Waals surface area contributed by atoms with Gasteiger partial charge in [-0.05, 0) is 18.2 Å². The third-order valence-electron chi connectivity index (χ3n) is 1.83. The van der Waals surface area contributed by atoms with E-state index in [2.05, 4.69) is 15.6 Å². The molecule has 4 N–H and O–H groups in total. The maximum atomic E-state index is 11.6. The number of guanidine groups is 1. The highest BCUT2D eigenvalue weighted by Crippen LogP contribution is 2.09. The first-order chi connectivity index (χ1) is 7.67. The Morgan fingerprint density at radius 3 is 2.94 bits per heavy atom. The van der Waals surface area contributed by atoms with Gasteiger partial charge in [-0.1, -0.05) is 6.07 Å². The molecule has 0 saturated heterocycles. The van der Waals surface area contributed by atoms with E-state index in [4.69, 9.17) is 11.0 Å². The number of hydrogen-bond donors (Lipinski definition) is 3. The normalized spacial score (nSPS) is 10.4. The smallest absolute Gasteiger partial charge is 0.258 e. The molecule has 1 aromatic carbocycles. The number of nitrogens with one attached hydrogen (secondary N) is 2. The monoisotopic (exact) mass is 217 g/mol. The van der Waals surface area contributed by atoms with Crippen LogP contribution in [0, 0.1) is 11.5 Å². The van der Waals surface area contributed by atoms with Crippen molar-refractivity contribution in [2.24, 2.45) is 10.7 Å². The second kappa shape index (κ2) is 5.36. The summed E-state index contributed by atoms with van der Waals surface area (Å²) < 4.78 is 0. The minimum atomic E-state index is -0.409. The van der Waals surface area contributed by atoms with E-state index >= 15 is 0 Å². The van der Waals surface area contributed by atoms with Crippen LogP contribution in [0.4, 0.5) is 5.69 Å². The predicted molar refractivity (Wildman–Crippen MR) is 60.7 cm³/mol. The minimum Gasteiger partial charge on any atom is -0.388 e. The van der Waals surface area contributed by atoms with Crippen molar-refractivity contribution in [2.45, 2.75) is 0 Å². The zero-order chi connectivity index (χ0) is 12.0. The first kappa shape index (κ1) is 11.5. The van der Waals surface area contributed by atoms with Gasteiger partial charge in [-0.3, -0.25) is 10.1 Å². The minimum absolute atomic E-state index is 0.220. The van der Waals surface area contributed by atoms with Gasteiger partial charge < -0.3 is 11.1 Å². The lowest BCUT2D eigenvalue weighted by molar-refractivity contribution is 0.0976. The molecule has 0 saturated carbocycles. The standard InChI is InChI=1S/C10H11N5O/c1-13-8-4-2-3-7(5-8)9(16)15-10(12)14-6-11/h2-5,13H,1H3,(H3,12,14,15,16). The molecule has 0 aliphatic rings. The zero-order valence-electron chi connectivity index (χ0n) is 8.69. The van der Waals surface area contributed by atoms with E-state index in [1.807, 2.05) is 6.07 Å². The number of hydrogen-bond acceptors (Lipinski definition) is 4. The molecule has 6 heteroatoms. The van der Waals surface area contributed by atoms with Gasteiger partial charge in [-0.2, -0.15) is 5.26 Å². The third kappa shape index (κ3) is 2.99. The molecule has 0 heterocycles. The lowest BCUT2D eigenvalue weighted by Gasteiger charge is -2.05. The maximum Gasteiger partial charge on any atom is 0.258 e. The summed E-state index contributed by atoms with van der Waals surface area (Å²) in [6.45, 7) is 0. The number of rotatable bonds is 2. The van der Waals surface area contributed by atoms with Crippen LogP contribution in [0.3, 0.4) is 0 Å². The number of nitrogens with zero attached hydrogens (tertiary/aromatic N) is 2. The molecule has 0 fully saturated rings. The number of nitriles is 1. The molecular weight excluding hydrogens is 206 g/mol. The highest BCUT2D eigenvalue weighted by molar-refractivity contribution is 6.05. The first-order valence-electron chi connectivity index (χ1n) is 4.48. The summed E-state index contributed by atoms with van der Waals surface area (Å²) in [6.07, 6.45) is 1.48. The van der Waals surface area contributed by atoms with Gasteiger partial charge in [0.15, 0.2) is 0 Å². The fourth-order valence-corrected chi connectivity index (χ4v) is 1.09. The Morgan fingerprint density at radius 2 is 2.31 bits per heavy atom. The Kier molecular flexibility index (Phi) is 3.86.